The number of likely N-dealkylation sites (tertiary alicyclic amines) is 1. The molecule has 0 saturated carbocycles. The van der Waals surface area contributed by atoms with Crippen molar-refractivity contribution in [2.75, 3.05) is 6.54 Å². The zero-order valence-electron chi connectivity index (χ0n) is 14.3. The lowest BCUT2D eigenvalue weighted by Gasteiger charge is -2.39. The lowest BCUT2D eigenvalue weighted by molar-refractivity contribution is -0.145. The fraction of sp³-hybridized carbons (Fsp3) is 0.588. The largest absolute Gasteiger partial charge is 0.480 e. The average Bonchev–Trinajstić information content (AvgIpc) is 2.53. The molecule has 1 heterocycles. The molecular formula is C17H24ClF3N2O2. The molecule has 1 aliphatic rings. The second-order valence-corrected chi connectivity index (χ2v) is 6.21. The van der Waals surface area contributed by atoms with Crippen LogP contribution in [0.3, 0.4) is 0 Å². The smallest absolute Gasteiger partial charge is 0.419 e. The first-order valence-corrected chi connectivity index (χ1v) is 8.10. The van der Waals surface area contributed by atoms with Crippen LogP contribution in [-0.2, 0) is 11.0 Å². The third-order valence-corrected chi connectivity index (χ3v) is 4.28. The van der Waals surface area contributed by atoms with Crippen molar-refractivity contribution in [3.8, 4) is 5.75 Å². The van der Waals surface area contributed by atoms with Crippen molar-refractivity contribution in [3.63, 3.8) is 0 Å². The third-order valence-electron chi connectivity index (χ3n) is 4.28. The summed E-state index contributed by atoms with van der Waals surface area (Å²) in [5, 5.41) is 0. The Balaban J connectivity index is 0.00000312. The van der Waals surface area contributed by atoms with Crippen molar-refractivity contribution in [1.82, 2.24) is 4.90 Å². The van der Waals surface area contributed by atoms with E-state index in [9.17, 15) is 18.0 Å². The van der Waals surface area contributed by atoms with E-state index in [4.69, 9.17) is 10.5 Å². The number of hydrogen-bond acceptors (Lipinski definition) is 3. The van der Waals surface area contributed by atoms with Crippen LogP contribution in [0.2, 0.25) is 0 Å². The minimum Gasteiger partial charge on any atom is -0.480 e. The lowest BCUT2D eigenvalue weighted by atomic mass is 9.96. The number of carbonyl (C=O) groups excluding carboxylic acids is 1. The Hall–Kier alpha value is -1.47. The number of benzene rings is 1. The highest BCUT2D eigenvalue weighted by Gasteiger charge is 2.36. The first-order chi connectivity index (χ1) is 11.2. The second-order valence-electron chi connectivity index (χ2n) is 6.21. The van der Waals surface area contributed by atoms with Crippen LogP contribution in [0.1, 0.15) is 38.7 Å². The molecule has 0 bridgehead atoms. The predicted octanol–water partition coefficient (Wildman–Crippen LogP) is 3.62. The van der Waals surface area contributed by atoms with E-state index in [0.717, 1.165) is 25.3 Å². The number of nitrogens with two attached hydrogens (primary N) is 1. The standard InChI is InChI=1S/C17H23F3N2O2.ClH/c1-11(21)14-8-5-6-10-22(14)16(23)12(2)24-15-9-4-3-7-13(15)17(18,19)20;/h3-4,7,9,11-12,14H,5-6,8,10,21H2,1-2H3;1H. The summed E-state index contributed by atoms with van der Waals surface area (Å²) in [6.07, 6.45) is -2.88. The third kappa shape index (κ3) is 5.25. The van der Waals surface area contributed by atoms with Gasteiger partial charge < -0.3 is 15.4 Å². The maximum absolute atomic E-state index is 13.0. The summed E-state index contributed by atoms with van der Waals surface area (Å²) in [5.41, 5.74) is 5.06. The van der Waals surface area contributed by atoms with E-state index in [0.29, 0.717) is 6.54 Å². The van der Waals surface area contributed by atoms with Crippen LogP contribution >= 0.6 is 12.4 Å². The van der Waals surface area contributed by atoms with Crippen LogP contribution in [0.15, 0.2) is 24.3 Å². The highest BCUT2D eigenvalue weighted by Crippen LogP contribution is 2.36. The van der Waals surface area contributed by atoms with Gasteiger partial charge in [0, 0.05) is 18.6 Å². The first-order valence-electron chi connectivity index (χ1n) is 8.10. The number of amides is 1. The molecule has 0 aromatic heterocycles. The van der Waals surface area contributed by atoms with Crippen molar-refractivity contribution >= 4 is 18.3 Å². The number of ether oxygens (including phenoxy) is 1. The monoisotopic (exact) mass is 380 g/mol. The molecule has 2 N–H and O–H groups in total. The Labute approximate surface area is 151 Å². The molecule has 0 spiro atoms. The summed E-state index contributed by atoms with van der Waals surface area (Å²) in [5.74, 6) is -0.658. The normalized spacial score (nSPS) is 20.4. The van der Waals surface area contributed by atoms with Crippen molar-refractivity contribution in [2.24, 2.45) is 5.73 Å². The summed E-state index contributed by atoms with van der Waals surface area (Å²) in [4.78, 5) is 14.3. The molecule has 1 saturated heterocycles. The van der Waals surface area contributed by atoms with Gasteiger partial charge in [0.15, 0.2) is 6.10 Å². The van der Waals surface area contributed by atoms with Gasteiger partial charge in [-0.1, -0.05) is 12.1 Å². The van der Waals surface area contributed by atoms with Gasteiger partial charge in [0.05, 0.1) is 5.56 Å². The van der Waals surface area contributed by atoms with Gasteiger partial charge in [-0.15, -0.1) is 12.4 Å². The molecule has 1 fully saturated rings. The minimum absolute atomic E-state index is 0. The average molecular weight is 381 g/mol. The molecule has 3 atom stereocenters. The highest BCUT2D eigenvalue weighted by molar-refractivity contribution is 5.85. The van der Waals surface area contributed by atoms with E-state index in [-0.39, 0.29) is 36.1 Å². The van der Waals surface area contributed by atoms with Gasteiger partial charge in [0.1, 0.15) is 5.75 Å². The maximum Gasteiger partial charge on any atom is 0.419 e. The molecule has 0 radical (unpaired) electrons. The highest BCUT2D eigenvalue weighted by atomic mass is 35.5. The summed E-state index contributed by atoms with van der Waals surface area (Å²) < 4.78 is 44.5. The zero-order valence-corrected chi connectivity index (χ0v) is 15.1. The molecule has 2 rings (SSSR count). The molecule has 1 amide bonds. The fourth-order valence-corrected chi connectivity index (χ4v) is 3.06. The van der Waals surface area contributed by atoms with Gasteiger partial charge in [0.25, 0.3) is 5.91 Å². The number of rotatable bonds is 4. The Bertz CT molecular complexity index is 581. The molecule has 25 heavy (non-hydrogen) atoms. The maximum atomic E-state index is 13.0. The number of carbonyl (C=O) groups is 1. The molecule has 142 valence electrons. The van der Waals surface area contributed by atoms with E-state index >= 15 is 0 Å². The SMILES string of the molecule is CC(Oc1ccccc1C(F)(F)F)C(=O)N1CCCCC1C(C)N.Cl. The molecule has 1 aromatic rings. The summed E-state index contributed by atoms with van der Waals surface area (Å²) in [6.45, 7) is 3.86. The summed E-state index contributed by atoms with van der Waals surface area (Å²) >= 11 is 0. The molecule has 8 heteroatoms. The first kappa shape index (κ1) is 21.6. The van der Waals surface area contributed by atoms with E-state index in [1.165, 1.54) is 25.1 Å². The molecule has 4 nitrogen and oxygen atoms in total. The number of nitrogens with zero attached hydrogens (tertiary/aromatic N) is 1. The van der Waals surface area contributed by atoms with Crippen LogP contribution in [0.25, 0.3) is 0 Å². The number of piperidine rings is 1. The van der Waals surface area contributed by atoms with Gasteiger partial charge in [-0.05, 0) is 45.2 Å². The molecular weight excluding hydrogens is 357 g/mol. The zero-order chi connectivity index (χ0) is 17.9. The quantitative estimate of drug-likeness (QED) is 0.867. The van der Waals surface area contributed by atoms with E-state index in [1.807, 2.05) is 6.92 Å². The molecule has 1 aromatic carbocycles. The van der Waals surface area contributed by atoms with Crippen LogP contribution < -0.4 is 10.5 Å². The summed E-state index contributed by atoms with van der Waals surface area (Å²) in [6, 6.07) is 4.62. The van der Waals surface area contributed by atoms with Gasteiger partial charge in [-0.25, -0.2) is 0 Å². The van der Waals surface area contributed by atoms with E-state index in [1.54, 1.807) is 4.90 Å². The Morgan fingerprint density at radius 3 is 2.52 bits per heavy atom. The lowest BCUT2D eigenvalue weighted by Crippen LogP contribution is -2.54. The van der Waals surface area contributed by atoms with E-state index in [2.05, 4.69) is 0 Å². The molecule has 0 aliphatic carbocycles. The van der Waals surface area contributed by atoms with Gasteiger partial charge in [0.2, 0.25) is 0 Å². The van der Waals surface area contributed by atoms with Crippen LogP contribution in [0, 0.1) is 0 Å². The predicted molar refractivity (Wildman–Crippen MR) is 91.8 cm³/mol. The van der Waals surface area contributed by atoms with Gasteiger partial charge in [-0.2, -0.15) is 13.2 Å². The second kappa shape index (κ2) is 8.76. The van der Waals surface area contributed by atoms with Crippen molar-refractivity contribution in [2.45, 2.75) is 57.5 Å². The van der Waals surface area contributed by atoms with Crippen LogP contribution in [-0.4, -0.2) is 35.5 Å². The number of alkyl halides is 3. The molecule has 1 aliphatic heterocycles. The van der Waals surface area contributed by atoms with Crippen LogP contribution in [0.4, 0.5) is 13.2 Å². The Morgan fingerprint density at radius 1 is 1.28 bits per heavy atom. The van der Waals surface area contributed by atoms with Crippen molar-refractivity contribution in [3.05, 3.63) is 29.8 Å². The molecule has 3 unspecified atom stereocenters. The topological polar surface area (TPSA) is 55.6 Å². The number of halogens is 4. The summed E-state index contributed by atoms with van der Waals surface area (Å²) in [7, 11) is 0. The Kier molecular flexibility index (Phi) is 7.56. The van der Waals surface area contributed by atoms with Crippen LogP contribution in [0.5, 0.6) is 5.75 Å². The fourth-order valence-electron chi connectivity index (χ4n) is 3.06. The van der Waals surface area contributed by atoms with Gasteiger partial charge in [-0.3, -0.25) is 4.79 Å². The van der Waals surface area contributed by atoms with Crippen molar-refractivity contribution < 1.29 is 22.7 Å². The number of hydrogen-bond donors (Lipinski definition) is 1. The Morgan fingerprint density at radius 2 is 1.92 bits per heavy atom. The van der Waals surface area contributed by atoms with E-state index < -0.39 is 17.8 Å². The number of para-hydroxylation sites is 1. The van der Waals surface area contributed by atoms with Gasteiger partial charge >= 0.3 is 6.18 Å². The minimum atomic E-state index is -4.53. The van der Waals surface area contributed by atoms with Crippen molar-refractivity contribution in [1.29, 1.82) is 0 Å².